The molecule has 124 valence electrons. The van der Waals surface area contributed by atoms with Crippen LogP contribution in [-0.4, -0.2) is 43.5 Å². The molecule has 0 saturated heterocycles. The molecule has 0 radical (unpaired) electrons. The summed E-state index contributed by atoms with van der Waals surface area (Å²) in [6, 6.07) is 7.57. The molecule has 0 bridgehead atoms. The fraction of sp³-hybridized carbons (Fsp3) is 0.278. The van der Waals surface area contributed by atoms with Crippen LogP contribution in [0.15, 0.2) is 49.1 Å². The second-order valence-electron chi connectivity index (χ2n) is 5.83. The van der Waals surface area contributed by atoms with Gasteiger partial charge in [0.15, 0.2) is 0 Å². The minimum Gasteiger partial charge on any atom is -0.340 e. The maximum atomic E-state index is 12.5. The zero-order valence-corrected chi connectivity index (χ0v) is 14.2. The molecule has 6 heteroatoms. The van der Waals surface area contributed by atoms with Gasteiger partial charge in [0.05, 0.1) is 0 Å². The van der Waals surface area contributed by atoms with Gasteiger partial charge in [-0.15, -0.1) is 0 Å². The molecule has 0 unspecified atom stereocenters. The predicted octanol–water partition coefficient (Wildman–Crippen LogP) is 2.36. The normalized spacial score (nSPS) is 10.8. The number of aryl methyl sites for hydroxylation is 2. The van der Waals surface area contributed by atoms with E-state index in [1.165, 1.54) is 0 Å². The first kappa shape index (κ1) is 16.0. The number of rotatable bonds is 5. The Labute approximate surface area is 141 Å². The number of carbonyl (C=O) groups excluding carboxylic acids is 1. The van der Waals surface area contributed by atoms with Crippen molar-refractivity contribution in [2.75, 3.05) is 13.6 Å². The minimum absolute atomic E-state index is 0.0131. The predicted molar refractivity (Wildman–Crippen MR) is 92.6 cm³/mol. The van der Waals surface area contributed by atoms with Crippen LogP contribution in [0.3, 0.4) is 0 Å². The van der Waals surface area contributed by atoms with Gasteiger partial charge >= 0.3 is 0 Å². The lowest BCUT2D eigenvalue weighted by Crippen LogP contribution is -2.30. The van der Waals surface area contributed by atoms with Crippen molar-refractivity contribution < 1.29 is 4.79 Å². The molecule has 0 spiro atoms. The number of hydrogen-bond acceptors (Lipinski definition) is 3. The molecule has 2 aromatic heterocycles. The van der Waals surface area contributed by atoms with Gasteiger partial charge in [0, 0.05) is 63.1 Å². The highest BCUT2D eigenvalue weighted by molar-refractivity contribution is 5.94. The highest BCUT2D eigenvalue weighted by Crippen LogP contribution is 2.17. The standard InChI is InChI=1S/C18H21N5O/c1-14-19-9-11-23(14)13-12-22(3)18(24)16-6-4-15(5-7-16)17-20-8-10-21(17)2/h4-11H,12-13H2,1-3H3. The van der Waals surface area contributed by atoms with Crippen molar-refractivity contribution >= 4 is 5.91 Å². The zero-order valence-electron chi connectivity index (χ0n) is 14.2. The van der Waals surface area contributed by atoms with E-state index in [1.54, 1.807) is 17.3 Å². The number of likely N-dealkylation sites (N-methyl/N-ethyl adjacent to an activating group) is 1. The van der Waals surface area contributed by atoms with Gasteiger partial charge in [0.2, 0.25) is 0 Å². The van der Waals surface area contributed by atoms with Crippen LogP contribution in [0, 0.1) is 6.92 Å². The first-order valence-electron chi connectivity index (χ1n) is 7.87. The van der Waals surface area contributed by atoms with Crippen LogP contribution < -0.4 is 0 Å². The Morgan fingerprint density at radius 1 is 1.12 bits per heavy atom. The lowest BCUT2D eigenvalue weighted by atomic mass is 10.1. The van der Waals surface area contributed by atoms with E-state index in [2.05, 4.69) is 9.97 Å². The fourth-order valence-electron chi connectivity index (χ4n) is 2.63. The van der Waals surface area contributed by atoms with Crippen LogP contribution >= 0.6 is 0 Å². The monoisotopic (exact) mass is 323 g/mol. The number of aromatic nitrogens is 4. The molecule has 0 aliphatic rings. The molecule has 0 aliphatic carbocycles. The molecule has 1 aromatic carbocycles. The van der Waals surface area contributed by atoms with Gasteiger partial charge in [-0.3, -0.25) is 4.79 Å². The lowest BCUT2D eigenvalue weighted by Gasteiger charge is -2.18. The summed E-state index contributed by atoms with van der Waals surface area (Å²) in [5.41, 5.74) is 1.67. The van der Waals surface area contributed by atoms with E-state index in [1.807, 2.05) is 66.8 Å². The van der Waals surface area contributed by atoms with Gasteiger partial charge in [-0.2, -0.15) is 0 Å². The van der Waals surface area contributed by atoms with E-state index in [4.69, 9.17) is 0 Å². The average molecular weight is 323 g/mol. The van der Waals surface area contributed by atoms with Crippen LogP contribution in [-0.2, 0) is 13.6 Å². The van der Waals surface area contributed by atoms with Crippen LogP contribution in [0.25, 0.3) is 11.4 Å². The lowest BCUT2D eigenvalue weighted by molar-refractivity contribution is 0.0790. The summed E-state index contributed by atoms with van der Waals surface area (Å²) in [5.74, 6) is 1.85. The zero-order chi connectivity index (χ0) is 17.1. The number of imidazole rings is 2. The number of amides is 1. The number of nitrogens with zero attached hydrogens (tertiary/aromatic N) is 5. The first-order chi connectivity index (χ1) is 11.6. The van der Waals surface area contributed by atoms with Gasteiger partial charge in [0.1, 0.15) is 11.6 Å². The second kappa shape index (κ2) is 6.70. The number of hydrogen-bond donors (Lipinski definition) is 0. The third-order valence-corrected chi connectivity index (χ3v) is 4.16. The molecule has 2 heterocycles. The summed E-state index contributed by atoms with van der Waals surface area (Å²) in [6.07, 6.45) is 7.36. The fourth-order valence-corrected chi connectivity index (χ4v) is 2.63. The van der Waals surface area contributed by atoms with Crippen molar-refractivity contribution in [1.29, 1.82) is 0 Å². The molecule has 6 nitrogen and oxygen atoms in total. The van der Waals surface area contributed by atoms with Crippen LogP contribution in [0.4, 0.5) is 0 Å². The minimum atomic E-state index is 0.0131. The molecule has 0 N–H and O–H groups in total. The molecule has 3 aromatic rings. The van der Waals surface area contributed by atoms with Crippen molar-refractivity contribution in [3.05, 3.63) is 60.4 Å². The van der Waals surface area contributed by atoms with E-state index in [9.17, 15) is 4.79 Å². The van der Waals surface area contributed by atoms with Crippen LogP contribution in [0.5, 0.6) is 0 Å². The average Bonchev–Trinajstić information content (AvgIpc) is 3.20. The van der Waals surface area contributed by atoms with E-state index in [0.717, 1.165) is 23.8 Å². The third kappa shape index (κ3) is 3.22. The Hall–Kier alpha value is -2.89. The Balaban J connectivity index is 1.66. The SMILES string of the molecule is Cc1nccn1CCN(C)C(=O)c1ccc(-c2nccn2C)cc1. The third-order valence-electron chi connectivity index (χ3n) is 4.16. The molecule has 0 aliphatic heterocycles. The topological polar surface area (TPSA) is 56.0 Å². The maximum absolute atomic E-state index is 12.5. The van der Waals surface area contributed by atoms with E-state index < -0.39 is 0 Å². The smallest absolute Gasteiger partial charge is 0.253 e. The highest BCUT2D eigenvalue weighted by Gasteiger charge is 2.12. The van der Waals surface area contributed by atoms with Gasteiger partial charge in [-0.25, -0.2) is 9.97 Å². The summed E-state index contributed by atoms with van der Waals surface area (Å²) >= 11 is 0. The Kier molecular flexibility index (Phi) is 4.46. The van der Waals surface area contributed by atoms with Crippen LogP contribution in [0.2, 0.25) is 0 Å². The molecule has 24 heavy (non-hydrogen) atoms. The highest BCUT2D eigenvalue weighted by atomic mass is 16.2. The largest absolute Gasteiger partial charge is 0.340 e. The Morgan fingerprint density at radius 2 is 1.83 bits per heavy atom. The van der Waals surface area contributed by atoms with Crippen molar-refractivity contribution in [1.82, 2.24) is 24.0 Å². The summed E-state index contributed by atoms with van der Waals surface area (Å²) in [7, 11) is 3.77. The molecular weight excluding hydrogens is 302 g/mol. The summed E-state index contributed by atoms with van der Waals surface area (Å²) in [5, 5.41) is 0. The van der Waals surface area contributed by atoms with Crippen molar-refractivity contribution in [2.24, 2.45) is 7.05 Å². The molecule has 1 amide bonds. The van der Waals surface area contributed by atoms with E-state index >= 15 is 0 Å². The molecule has 0 fully saturated rings. The van der Waals surface area contributed by atoms with Gasteiger partial charge < -0.3 is 14.0 Å². The Morgan fingerprint density at radius 3 is 2.42 bits per heavy atom. The number of carbonyl (C=O) groups is 1. The van der Waals surface area contributed by atoms with Gasteiger partial charge in [0.25, 0.3) is 5.91 Å². The molecular formula is C18H21N5O. The second-order valence-corrected chi connectivity index (χ2v) is 5.83. The van der Waals surface area contributed by atoms with Gasteiger partial charge in [-0.05, 0) is 19.1 Å². The maximum Gasteiger partial charge on any atom is 0.253 e. The van der Waals surface area contributed by atoms with Crippen molar-refractivity contribution in [3.63, 3.8) is 0 Å². The number of benzene rings is 1. The summed E-state index contributed by atoms with van der Waals surface area (Å²) < 4.78 is 3.99. The Bertz CT molecular complexity index is 831. The van der Waals surface area contributed by atoms with Crippen molar-refractivity contribution in [3.8, 4) is 11.4 Å². The molecule has 0 atom stereocenters. The van der Waals surface area contributed by atoms with Crippen molar-refractivity contribution in [2.45, 2.75) is 13.5 Å². The quantitative estimate of drug-likeness (QED) is 0.724. The van der Waals surface area contributed by atoms with Crippen LogP contribution in [0.1, 0.15) is 16.2 Å². The summed E-state index contributed by atoms with van der Waals surface area (Å²) in [4.78, 5) is 22.8. The summed E-state index contributed by atoms with van der Waals surface area (Å²) in [6.45, 7) is 3.33. The van der Waals surface area contributed by atoms with E-state index in [-0.39, 0.29) is 5.91 Å². The van der Waals surface area contributed by atoms with Gasteiger partial charge in [-0.1, -0.05) is 12.1 Å². The van der Waals surface area contributed by atoms with E-state index in [0.29, 0.717) is 12.1 Å². The molecule has 0 saturated carbocycles. The first-order valence-corrected chi connectivity index (χ1v) is 7.87. The molecule has 3 rings (SSSR count).